The van der Waals surface area contributed by atoms with E-state index in [0.717, 1.165) is 11.3 Å². The highest BCUT2D eigenvalue weighted by Gasteiger charge is 2.18. The van der Waals surface area contributed by atoms with E-state index in [2.05, 4.69) is 0 Å². The minimum atomic E-state index is -0.756. The van der Waals surface area contributed by atoms with Crippen LogP contribution in [0.4, 0.5) is 15.8 Å². The van der Waals surface area contributed by atoms with E-state index in [-0.39, 0.29) is 0 Å². The van der Waals surface area contributed by atoms with Crippen LogP contribution < -0.4 is 4.90 Å². The van der Waals surface area contributed by atoms with Crippen molar-refractivity contribution in [2.75, 3.05) is 11.4 Å². The monoisotopic (exact) mass is 288 g/mol. The molecule has 2 rings (SSSR count). The summed E-state index contributed by atoms with van der Waals surface area (Å²) in [6, 6.07) is 12.2. The Balaban J connectivity index is 2.29. The highest BCUT2D eigenvalue weighted by atomic mass is 19.1. The molecular weight excluding hydrogens is 271 g/mol. The van der Waals surface area contributed by atoms with Crippen LogP contribution in [0.1, 0.15) is 18.1 Å². The number of anilines is 1. The standard InChI is InChI=1S/C16H17FN2O2/c1-3-18(14-9-7-12(2)8-10-14)11-13-5-4-6-15(16(13)17)19(20)21/h4-10H,3,11H2,1-2H3. The van der Waals surface area contributed by atoms with E-state index in [1.807, 2.05) is 43.0 Å². The number of rotatable bonds is 5. The van der Waals surface area contributed by atoms with Gasteiger partial charge in [0.15, 0.2) is 0 Å². The van der Waals surface area contributed by atoms with Gasteiger partial charge in [-0.2, -0.15) is 4.39 Å². The molecule has 0 aromatic heterocycles. The predicted octanol–water partition coefficient (Wildman–Crippen LogP) is 4.07. The number of nitro benzene ring substituents is 1. The van der Waals surface area contributed by atoms with Crippen LogP contribution in [0.3, 0.4) is 0 Å². The summed E-state index contributed by atoms with van der Waals surface area (Å²) < 4.78 is 14.1. The van der Waals surface area contributed by atoms with Crippen LogP contribution in [-0.2, 0) is 6.54 Å². The fraction of sp³-hybridized carbons (Fsp3) is 0.250. The summed E-state index contributed by atoms with van der Waals surface area (Å²) in [6.07, 6.45) is 0. The molecule has 0 N–H and O–H groups in total. The van der Waals surface area contributed by atoms with Gasteiger partial charge in [-0.1, -0.05) is 29.8 Å². The molecule has 21 heavy (non-hydrogen) atoms. The Morgan fingerprint density at radius 1 is 1.19 bits per heavy atom. The Hall–Kier alpha value is -2.43. The largest absolute Gasteiger partial charge is 0.367 e. The Kier molecular flexibility index (Phi) is 4.52. The van der Waals surface area contributed by atoms with Crippen molar-refractivity contribution in [2.45, 2.75) is 20.4 Å². The Morgan fingerprint density at radius 3 is 2.43 bits per heavy atom. The van der Waals surface area contributed by atoms with E-state index in [1.54, 1.807) is 6.07 Å². The number of nitrogens with zero attached hydrogens (tertiary/aromatic N) is 2. The molecule has 0 bridgehead atoms. The van der Waals surface area contributed by atoms with Crippen molar-refractivity contribution in [1.82, 2.24) is 0 Å². The first kappa shape index (κ1) is 15.0. The molecule has 0 radical (unpaired) electrons. The zero-order valence-corrected chi connectivity index (χ0v) is 12.0. The van der Waals surface area contributed by atoms with Gasteiger partial charge in [-0.25, -0.2) is 0 Å². The minimum absolute atomic E-state index is 0.299. The molecule has 2 aromatic rings. The van der Waals surface area contributed by atoms with Gasteiger partial charge in [0.05, 0.1) is 4.92 Å². The Labute approximate surface area is 123 Å². The summed E-state index contributed by atoms with van der Waals surface area (Å²) >= 11 is 0. The lowest BCUT2D eigenvalue weighted by Gasteiger charge is -2.23. The fourth-order valence-electron chi connectivity index (χ4n) is 2.18. The molecular formula is C16H17FN2O2. The van der Waals surface area contributed by atoms with Crippen LogP contribution in [0.25, 0.3) is 0 Å². The second kappa shape index (κ2) is 6.35. The highest BCUT2D eigenvalue weighted by molar-refractivity contribution is 5.49. The molecule has 4 nitrogen and oxygen atoms in total. The van der Waals surface area contributed by atoms with Gasteiger partial charge in [0, 0.05) is 30.4 Å². The van der Waals surface area contributed by atoms with E-state index >= 15 is 0 Å². The molecule has 0 atom stereocenters. The zero-order valence-electron chi connectivity index (χ0n) is 12.0. The third kappa shape index (κ3) is 3.37. The molecule has 0 heterocycles. The summed E-state index contributed by atoms with van der Waals surface area (Å²) in [5.41, 5.74) is 1.96. The lowest BCUT2D eigenvalue weighted by atomic mass is 10.1. The molecule has 0 spiro atoms. The first-order valence-corrected chi connectivity index (χ1v) is 6.76. The van der Waals surface area contributed by atoms with Gasteiger partial charge >= 0.3 is 5.69 Å². The van der Waals surface area contributed by atoms with Crippen molar-refractivity contribution in [2.24, 2.45) is 0 Å². The summed E-state index contributed by atoms with van der Waals surface area (Å²) in [5.74, 6) is -0.756. The zero-order chi connectivity index (χ0) is 15.4. The summed E-state index contributed by atoms with van der Waals surface area (Å²) in [6.45, 7) is 4.95. The van der Waals surface area contributed by atoms with Crippen molar-refractivity contribution in [3.05, 3.63) is 69.5 Å². The molecule has 0 saturated heterocycles. The average Bonchev–Trinajstić information content (AvgIpc) is 2.47. The maximum Gasteiger partial charge on any atom is 0.305 e. The quantitative estimate of drug-likeness (QED) is 0.615. The van der Waals surface area contributed by atoms with E-state index in [4.69, 9.17) is 0 Å². The van der Waals surface area contributed by atoms with Crippen molar-refractivity contribution < 1.29 is 9.31 Å². The second-order valence-electron chi connectivity index (χ2n) is 4.86. The van der Waals surface area contributed by atoms with Crippen LogP contribution in [0.5, 0.6) is 0 Å². The topological polar surface area (TPSA) is 46.4 Å². The molecule has 5 heteroatoms. The van der Waals surface area contributed by atoms with Crippen LogP contribution >= 0.6 is 0 Å². The first-order chi connectivity index (χ1) is 10.0. The van der Waals surface area contributed by atoms with Gasteiger partial charge < -0.3 is 4.90 Å². The van der Waals surface area contributed by atoms with Crippen molar-refractivity contribution >= 4 is 11.4 Å². The van der Waals surface area contributed by atoms with Crippen LogP contribution in [0.15, 0.2) is 42.5 Å². The molecule has 0 aliphatic heterocycles. The van der Waals surface area contributed by atoms with Gasteiger partial charge in [-0.05, 0) is 26.0 Å². The van der Waals surface area contributed by atoms with Gasteiger partial charge in [0.1, 0.15) is 0 Å². The highest BCUT2D eigenvalue weighted by Crippen LogP contribution is 2.24. The van der Waals surface area contributed by atoms with E-state index in [1.165, 1.54) is 12.1 Å². The molecule has 0 saturated carbocycles. The summed E-state index contributed by atoms with van der Waals surface area (Å²) in [4.78, 5) is 12.1. The van der Waals surface area contributed by atoms with Gasteiger partial charge in [0.2, 0.25) is 5.82 Å². The fourth-order valence-corrected chi connectivity index (χ4v) is 2.18. The SMILES string of the molecule is CCN(Cc1cccc([N+](=O)[O-])c1F)c1ccc(C)cc1. The van der Waals surface area contributed by atoms with Crippen LogP contribution in [0, 0.1) is 22.9 Å². The summed E-state index contributed by atoms with van der Waals surface area (Å²) in [7, 11) is 0. The second-order valence-corrected chi connectivity index (χ2v) is 4.86. The Bertz CT molecular complexity index is 641. The molecule has 0 aliphatic rings. The summed E-state index contributed by atoms with van der Waals surface area (Å²) in [5, 5.41) is 10.8. The van der Waals surface area contributed by atoms with E-state index in [9.17, 15) is 14.5 Å². The maximum absolute atomic E-state index is 14.1. The van der Waals surface area contributed by atoms with Crippen LogP contribution in [-0.4, -0.2) is 11.5 Å². The first-order valence-electron chi connectivity index (χ1n) is 6.76. The smallest absolute Gasteiger partial charge is 0.305 e. The molecule has 110 valence electrons. The number of hydrogen-bond donors (Lipinski definition) is 0. The third-order valence-electron chi connectivity index (χ3n) is 3.40. The van der Waals surface area contributed by atoms with Gasteiger partial charge in [-0.3, -0.25) is 10.1 Å². The maximum atomic E-state index is 14.1. The molecule has 0 aliphatic carbocycles. The van der Waals surface area contributed by atoms with Crippen LogP contribution in [0.2, 0.25) is 0 Å². The lowest BCUT2D eigenvalue weighted by molar-refractivity contribution is -0.387. The molecule has 0 fully saturated rings. The van der Waals surface area contributed by atoms with Crippen molar-refractivity contribution in [3.63, 3.8) is 0 Å². The minimum Gasteiger partial charge on any atom is -0.367 e. The number of hydrogen-bond acceptors (Lipinski definition) is 3. The van der Waals surface area contributed by atoms with Gasteiger partial charge in [-0.15, -0.1) is 0 Å². The van der Waals surface area contributed by atoms with E-state index in [0.29, 0.717) is 18.7 Å². The number of aryl methyl sites for hydroxylation is 1. The Morgan fingerprint density at radius 2 is 1.86 bits per heavy atom. The lowest BCUT2D eigenvalue weighted by Crippen LogP contribution is -2.22. The van der Waals surface area contributed by atoms with E-state index < -0.39 is 16.4 Å². The number of halogens is 1. The third-order valence-corrected chi connectivity index (χ3v) is 3.40. The predicted molar refractivity (Wildman–Crippen MR) is 81.0 cm³/mol. The molecule has 0 amide bonds. The average molecular weight is 288 g/mol. The number of benzene rings is 2. The molecule has 0 unspecified atom stereocenters. The number of nitro groups is 1. The normalized spacial score (nSPS) is 10.4. The molecule has 2 aromatic carbocycles. The van der Waals surface area contributed by atoms with Gasteiger partial charge in [0.25, 0.3) is 0 Å². The van der Waals surface area contributed by atoms with Crippen molar-refractivity contribution in [3.8, 4) is 0 Å². The van der Waals surface area contributed by atoms with Crippen molar-refractivity contribution in [1.29, 1.82) is 0 Å².